The second kappa shape index (κ2) is 5.93. The van der Waals surface area contributed by atoms with E-state index in [1.54, 1.807) is 0 Å². The molecule has 1 aromatic rings. The fraction of sp³-hybridized carbons (Fsp3) is 0.538. The summed E-state index contributed by atoms with van der Waals surface area (Å²) in [6.07, 6.45) is -4.27. The van der Waals surface area contributed by atoms with Crippen molar-refractivity contribution in [2.24, 2.45) is 5.41 Å². The number of halogens is 4. The Kier molecular flexibility index (Phi) is 5.05. The summed E-state index contributed by atoms with van der Waals surface area (Å²) in [5.41, 5.74) is 0.189. The van der Waals surface area contributed by atoms with Gasteiger partial charge in [-0.2, -0.15) is 13.2 Å². The van der Waals surface area contributed by atoms with Crippen LogP contribution in [0, 0.1) is 5.41 Å². The first kappa shape index (κ1) is 15.3. The molecule has 0 aromatic heterocycles. The van der Waals surface area contributed by atoms with E-state index >= 15 is 0 Å². The van der Waals surface area contributed by atoms with E-state index in [2.05, 4.69) is 5.32 Å². The van der Waals surface area contributed by atoms with Gasteiger partial charge < -0.3 is 5.32 Å². The van der Waals surface area contributed by atoms with Gasteiger partial charge in [0.05, 0.1) is 5.56 Å². The van der Waals surface area contributed by atoms with E-state index in [-0.39, 0.29) is 5.41 Å². The molecule has 0 saturated carbocycles. The number of hydrogen-bond donors (Lipinski definition) is 1. The molecule has 0 spiro atoms. The Labute approximate surface area is 110 Å². The Bertz CT molecular complexity index is 371. The van der Waals surface area contributed by atoms with E-state index in [0.29, 0.717) is 12.4 Å². The molecule has 102 valence electrons. The molecule has 0 saturated heterocycles. The van der Waals surface area contributed by atoms with Crippen molar-refractivity contribution in [3.63, 3.8) is 0 Å². The van der Waals surface area contributed by atoms with Crippen LogP contribution in [0.25, 0.3) is 0 Å². The van der Waals surface area contributed by atoms with Crippen molar-refractivity contribution in [3.05, 3.63) is 35.4 Å². The van der Waals surface area contributed by atoms with Crippen molar-refractivity contribution >= 4 is 11.6 Å². The van der Waals surface area contributed by atoms with Crippen molar-refractivity contribution in [2.45, 2.75) is 26.6 Å². The van der Waals surface area contributed by atoms with Gasteiger partial charge in [-0.3, -0.25) is 0 Å². The lowest BCUT2D eigenvalue weighted by molar-refractivity contribution is -0.137. The third-order valence-electron chi connectivity index (χ3n) is 2.58. The average molecular weight is 280 g/mol. The molecule has 1 nitrogen and oxygen atoms in total. The topological polar surface area (TPSA) is 12.0 Å². The largest absolute Gasteiger partial charge is 0.416 e. The predicted octanol–water partition coefficient (Wildman–Crippen LogP) is 4.06. The highest BCUT2D eigenvalue weighted by molar-refractivity contribution is 6.18. The number of hydrogen-bond acceptors (Lipinski definition) is 1. The molecule has 18 heavy (non-hydrogen) atoms. The molecule has 5 heteroatoms. The van der Waals surface area contributed by atoms with Crippen LogP contribution in [-0.4, -0.2) is 12.4 Å². The predicted molar refractivity (Wildman–Crippen MR) is 67.7 cm³/mol. The minimum absolute atomic E-state index is 0.0204. The molecule has 0 fully saturated rings. The molecule has 0 radical (unpaired) electrons. The highest BCUT2D eigenvalue weighted by Gasteiger charge is 2.29. The van der Waals surface area contributed by atoms with Gasteiger partial charge in [-0.1, -0.05) is 26.0 Å². The van der Waals surface area contributed by atoms with Crippen molar-refractivity contribution in [3.8, 4) is 0 Å². The summed E-state index contributed by atoms with van der Waals surface area (Å²) in [4.78, 5) is 0. The van der Waals surface area contributed by atoms with Crippen LogP contribution in [0.1, 0.15) is 25.0 Å². The van der Waals surface area contributed by atoms with Gasteiger partial charge in [-0.15, -0.1) is 11.6 Å². The zero-order valence-electron chi connectivity index (χ0n) is 10.4. The van der Waals surface area contributed by atoms with Crippen LogP contribution in [0.15, 0.2) is 24.3 Å². The summed E-state index contributed by atoms with van der Waals surface area (Å²) in [6.45, 7) is 5.31. The molecule has 0 unspecified atom stereocenters. The maximum absolute atomic E-state index is 12.3. The maximum atomic E-state index is 12.3. The minimum Gasteiger partial charge on any atom is -0.312 e. The summed E-state index contributed by atoms with van der Waals surface area (Å²) >= 11 is 5.78. The standard InChI is InChI=1S/C13H17ClF3N/c1-12(2,8-14)9-18-7-10-3-5-11(6-4-10)13(15,16)17/h3-6,18H,7-9H2,1-2H3. The molecular formula is C13H17ClF3N. The molecule has 0 aliphatic heterocycles. The van der Waals surface area contributed by atoms with E-state index in [0.717, 1.165) is 24.2 Å². The van der Waals surface area contributed by atoms with Crippen molar-refractivity contribution in [1.82, 2.24) is 5.32 Å². The molecule has 0 atom stereocenters. The lowest BCUT2D eigenvalue weighted by Gasteiger charge is -2.21. The van der Waals surface area contributed by atoms with Gasteiger partial charge in [0.1, 0.15) is 0 Å². The van der Waals surface area contributed by atoms with Gasteiger partial charge in [-0.05, 0) is 23.1 Å². The van der Waals surface area contributed by atoms with E-state index in [4.69, 9.17) is 11.6 Å². The average Bonchev–Trinajstić information content (AvgIpc) is 2.28. The fourth-order valence-corrected chi connectivity index (χ4v) is 1.50. The van der Waals surface area contributed by atoms with Gasteiger partial charge in [0, 0.05) is 19.0 Å². The van der Waals surface area contributed by atoms with Gasteiger partial charge in [-0.25, -0.2) is 0 Å². The van der Waals surface area contributed by atoms with Gasteiger partial charge in [0.25, 0.3) is 0 Å². The van der Waals surface area contributed by atoms with Crippen LogP contribution in [0.3, 0.4) is 0 Å². The van der Waals surface area contributed by atoms with Crippen LogP contribution in [-0.2, 0) is 12.7 Å². The van der Waals surface area contributed by atoms with Gasteiger partial charge in [0.15, 0.2) is 0 Å². The van der Waals surface area contributed by atoms with E-state index in [1.807, 2.05) is 13.8 Å². The highest BCUT2D eigenvalue weighted by atomic mass is 35.5. The second-order valence-electron chi connectivity index (χ2n) is 5.10. The van der Waals surface area contributed by atoms with E-state index < -0.39 is 11.7 Å². The molecule has 0 aliphatic rings. The molecule has 1 N–H and O–H groups in total. The van der Waals surface area contributed by atoms with Crippen LogP contribution in [0.5, 0.6) is 0 Å². The second-order valence-corrected chi connectivity index (χ2v) is 5.36. The van der Waals surface area contributed by atoms with Crippen molar-refractivity contribution < 1.29 is 13.2 Å². The normalized spacial score (nSPS) is 12.8. The SMILES string of the molecule is CC(C)(CCl)CNCc1ccc(C(F)(F)F)cc1. The summed E-state index contributed by atoms with van der Waals surface area (Å²) < 4.78 is 37.0. The van der Waals surface area contributed by atoms with E-state index in [1.165, 1.54) is 12.1 Å². The Morgan fingerprint density at radius 2 is 1.67 bits per heavy atom. The van der Waals surface area contributed by atoms with Crippen LogP contribution in [0.4, 0.5) is 13.2 Å². The first-order valence-electron chi connectivity index (χ1n) is 5.67. The summed E-state index contributed by atoms with van der Waals surface area (Å²) in [6, 6.07) is 5.18. The van der Waals surface area contributed by atoms with Gasteiger partial charge >= 0.3 is 6.18 Å². The van der Waals surface area contributed by atoms with Crippen LogP contribution < -0.4 is 5.32 Å². The summed E-state index contributed by atoms with van der Waals surface area (Å²) in [5.74, 6) is 0.535. The Hall–Kier alpha value is -0.740. The third kappa shape index (κ3) is 4.86. The number of nitrogens with one attached hydrogen (secondary N) is 1. The smallest absolute Gasteiger partial charge is 0.312 e. The number of benzene rings is 1. The van der Waals surface area contributed by atoms with Crippen LogP contribution >= 0.6 is 11.6 Å². The minimum atomic E-state index is -4.27. The molecule has 0 heterocycles. The number of rotatable bonds is 5. The van der Waals surface area contributed by atoms with Crippen LogP contribution in [0.2, 0.25) is 0 Å². The lowest BCUT2D eigenvalue weighted by Crippen LogP contribution is -2.30. The molecule has 0 aliphatic carbocycles. The summed E-state index contributed by atoms with van der Waals surface area (Å²) in [5, 5.41) is 3.19. The zero-order valence-corrected chi connectivity index (χ0v) is 11.2. The first-order chi connectivity index (χ1) is 8.24. The fourth-order valence-electron chi connectivity index (χ4n) is 1.40. The molecule has 0 bridgehead atoms. The van der Waals surface area contributed by atoms with Gasteiger partial charge in [0.2, 0.25) is 0 Å². The molecular weight excluding hydrogens is 263 g/mol. The quantitative estimate of drug-likeness (QED) is 0.802. The lowest BCUT2D eigenvalue weighted by atomic mass is 9.96. The van der Waals surface area contributed by atoms with Crippen molar-refractivity contribution in [1.29, 1.82) is 0 Å². The Morgan fingerprint density at radius 1 is 1.11 bits per heavy atom. The Balaban J connectivity index is 2.50. The molecule has 1 aromatic carbocycles. The third-order valence-corrected chi connectivity index (χ3v) is 3.30. The number of alkyl halides is 4. The summed E-state index contributed by atoms with van der Waals surface area (Å²) in [7, 11) is 0. The highest BCUT2D eigenvalue weighted by Crippen LogP contribution is 2.29. The molecule has 1 rings (SSSR count). The monoisotopic (exact) mass is 279 g/mol. The van der Waals surface area contributed by atoms with Crippen molar-refractivity contribution in [2.75, 3.05) is 12.4 Å². The maximum Gasteiger partial charge on any atom is 0.416 e. The zero-order chi connectivity index (χ0) is 13.8. The Morgan fingerprint density at radius 3 is 2.11 bits per heavy atom. The molecule has 0 amide bonds. The first-order valence-corrected chi connectivity index (χ1v) is 6.21. The van der Waals surface area contributed by atoms with E-state index in [9.17, 15) is 13.2 Å².